The molecule has 4 heteroatoms. The Balaban J connectivity index is 3.21. The first-order chi connectivity index (χ1) is 12.7. The lowest BCUT2D eigenvalue weighted by Crippen LogP contribution is -2.36. The van der Waals surface area contributed by atoms with Crippen LogP contribution in [0.5, 0.6) is 0 Å². The van der Waals surface area contributed by atoms with E-state index in [9.17, 15) is 0 Å². The molecule has 0 amide bonds. The second-order valence-corrected chi connectivity index (χ2v) is 7.83. The molecule has 0 aliphatic carbocycles. The normalized spacial score (nSPS) is 11.9. The molecule has 0 heterocycles. The van der Waals surface area contributed by atoms with E-state index in [1.165, 1.54) is 96.3 Å². The Morgan fingerprint density at radius 1 is 0.654 bits per heavy atom. The molecule has 0 aromatic heterocycles. The van der Waals surface area contributed by atoms with Crippen molar-refractivity contribution in [2.24, 2.45) is 0 Å². The first-order valence-electron chi connectivity index (χ1n) is 11.0. The van der Waals surface area contributed by atoms with Crippen molar-refractivity contribution < 1.29 is 13.9 Å². The summed E-state index contributed by atoms with van der Waals surface area (Å²) in [4.78, 5) is 0. The van der Waals surface area contributed by atoms with Crippen LogP contribution in [0, 0.1) is 0 Å². The lowest BCUT2D eigenvalue weighted by molar-refractivity contribution is -0.325. The third-order valence-electron chi connectivity index (χ3n) is 5.32. The molecule has 0 spiro atoms. The molecular formula is C22H46O3Si. The van der Waals surface area contributed by atoms with Gasteiger partial charge in [-0.05, 0) is 19.3 Å². The van der Waals surface area contributed by atoms with Crippen LogP contribution in [0.3, 0.4) is 0 Å². The molecule has 26 heavy (non-hydrogen) atoms. The van der Waals surface area contributed by atoms with Crippen molar-refractivity contribution in [3.05, 3.63) is 12.7 Å². The van der Waals surface area contributed by atoms with Gasteiger partial charge in [-0.25, -0.2) is 0 Å². The topological polar surface area (TPSA) is 27.7 Å². The summed E-state index contributed by atoms with van der Waals surface area (Å²) in [6.07, 6.45) is 24.6. The first-order valence-corrected chi connectivity index (χ1v) is 11.8. The molecule has 0 saturated heterocycles. The number of hydrogen-bond acceptors (Lipinski definition) is 3. The van der Waals surface area contributed by atoms with Crippen LogP contribution in [0.2, 0.25) is 0 Å². The molecule has 0 N–H and O–H groups in total. The number of methoxy groups -OCH3 is 2. The van der Waals surface area contributed by atoms with E-state index in [1.54, 1.807) is 14.2 Å². The van der Waals surface area contributed by atoms with Gasteiger partial charge < -0.3 is 13.9 Å². The summed E-state index contributed by atoms with van der Waals surface area (Å²) in [5, 5.41) is 0. The smallest absolute Gasteiger partial charge is 0.272 e. The van der Waals surface area contributed by atoms with E-state index >= 15 is 0 Å². The molecule has 0 aliphatic rings. The molecule has 0 unspecified atom stereocenters. The summed E-state index contributed by atoms with van der Waals surface area (Å²) >= 11 is 0. The summed E-state index contributed by atoms with van der Waals surface area (Å²) in [5.41, 5.74) is 0. The molecule has 0 saturated carbocycles. The van der Waals surface area contributed by atoms with E-state index < -0.39 is 5.97 Å². The van der Waals surface area contributed by atoms with Crippen molar-refractivity contribution in [2.45, 2.75) is 115 Å². The SMILES string of the molecule is C=CCCCCCCCCCCCCCCCCCC(OC)(OC)O[SiH3]. The van der Waals surface area contributed by atoms with E-state index in [-0.39, 0.29) is 0 Å². The molecule has 156 valence electrons. The highest BCUT2D eigenvalue weighted by atomic mass is 28.2. The molecule has 0 bridgehead atoms. The van der Waals surface area contributed by atoms with Gasteiger partial charge in [-0.2, -0.15) is 0 Å². The Bertz CT molecular complexity index is 285. The lowest BCUT2D eigenvalue weighted by atomic mass is 10.0. The standard InChI is InChI=1S/C22H46O3Si/c1-4-5-6-7-8-9-10-11-12-13-14-15-16-17-18-19-20-21-22(23-2,24-3)25-26/h4H,1,5-21H2,2-3,26H3. The van der Waals surface area contributed by atoms with Gasteiger partial charge in [0.25, 0.3) is 5.97 Å². The predicted octanol–water partition coefficient (Wildman–Crippen LogP) is 6.05. The van der Waals surface area contributed by atoms with Crippen molar-refractivity contribution in [2.75, 3.05) is 14.2 Å². The number of rotatable bonds is 21. The molecule has 0 aromatic carbocycles. The van der Waals surface area contributed by atoms with Gasteiger partial charge in [0.15, 0.2) is 10.5 Å². The third-order valence-corrected chi connectivity index (χ3v) is 5.95. The highest BCUT2D eigenvalue weighted by Gasteiger charge is 2.27. The Hall–Kier alpha value is -0.163. The minimum absolute atomic E-state index is 0.633. The van der Waals surface area contributed by atoms with Crippen LogP contribution >= 0.6 is 0 Å². The van der Waals surface area contributed by atoms with Crippen LogP contribution in [0.15, 0.2) is 12.7 Å². The van der Waals surface area contributed by atoms with Crippen molar-refractivity contribution >= 4 is 10.5 Å². The van der Waals surface area contributed by atoms with E-state index in [4.69, 9.17) is 13.9 Å². The maximum absolute atomic E-state index is 5.46. The third kappa shape index (κ3) is 14.9. The molecule has 0 aromatic rings. The van der Waals surface area contributed by atoms with Gasteiger partial charge in [-0.1, -0.05) is 89.5 Å². The summed E-state index contributed by atoms with van der Waals surface area (Å²) < 4.78 is 16.2. The number of allylic oxidation sites excluding steroid dienone is 1. The average molecular weight is 387 g/mol. The molecule has 0 fully saturated rings. The van der Waals surface area contributed by atoms with Gasteiger partial charge in [-0.3, -0.25) is 0 Å². The van der Waals surface area contributed by atoms with Gasteiger partial charge in [0.2, 0.25) is 0 Å². The summed E-state index contributed by atoms with van der Waals surface area (Å²) in [5.74, 6) is -0.780. The average Bonchev–Trinajstić information content (AvgIpc) is 2.68. The van der Waals surface area contributed by atoms with E-state index in [2.05, 4.69) is 6.58 Å². The van der Waals surface area contributed by atoms with Crippen LogP contribution in [0.25, 0.3) is 0 Å². The molecule has 0 rings (SSSR count). The largest absolute Gasteiger partial charge is 0.380 e. The Labute approximate surface area is 166 Å². The van der Waals surface area contributed by atoms with Crippen molar-refractivity contribution in [1.29, 1.82) is 0 Å². The zero-order valence-corrected chi connectivity index (χ0v) is 20.0. The van der Waals surface area contributed by atoms with Crippen molar-refractivity contribution in [1.82, 2.24) is 0 Å². The van der Waals surface area contributed by atoms with E-state index in [1.807, 2.05) is 6.08 Å². The second kappa shape index (κ2) is 19.6. The number of unbranched alkanes of at least 4 members (excludes halogenated alkanes) is 15. The second-order valence-electron chi connectivity index (χ2n) is 7.43. The van der Waals surface area contributed by atoms with Crippen LogP contribution in [0.4, 0.5) is 0 Å². The van der Waals surface area contributed by atoms with Crippen LogP contribution in [0.1, 0.15) is 109 Å². The number of ether oxygens (including phenoxy) is 2. The lowest BCUT2D eigenvalue weighted by Gasteiger charge is -2.29. The quantitative estimate of drug-likeness (QED) is 0.104. The van der Waals surface area contributed by atoms with Crippen molar-refractivity contribution in [3.8, 4) is 0 Å². The molecule has 0 atom stereocenters. The molecular weight excluding hydrogens is 340 g/mol. The van der Waals surface area contributed by atoms with Gasteiger partial charge in [0.05, 0.1) is 0 Å². The summed E-state index contributed by atoms with van der Waals surface area (Å²) in [6, 6.07) is 0. The van der Waals surface area contributed by atoms with E-state index in [0.29, 0.717) is 10.5 Å². The molecule has 0 radical (unpaired) electrons. The van der Waals surface area contributed by atoms with Gasteiger partial charge in [0.1, 0.15) is 0 Å². The zero-order valence-electron chi connectivity index (χ0n) is 18.0. The van der Waals surface area contributed by atoms with Crippen LogP contribution < -0.4 is 0 Å². The molecule has 0 aliphatic heterocycles. The Kier molecular flexibility index (Phi) is 19.5. The fourth-order valence-electron chi connectivity index (χ4n) is 3.48. The fraction of sp³-hybridized carbons (Fsp3) is 0.909. The van der Waals surface area contributed by atoms with Gasteiger partial charge in [-0.15, -0.1) is 6.58 Å². The highest BCUT2D eigenvalue weighted by molar-refractivity contribution is 5.98. The maximum atomic E-state index is 5.46. The minimum Gasteiger partial charge on any atom is -0.380 e. The maximum Gasteiger partial charge on any atom is 0.272 e. The van der Waals surface area contributed by atoms with Gasteiger partial charge >= 0.3 is 0 Å². The predicted molar refractivity (Wildman–Crippen MR) is 116 cm³/mol. The number of hydrogen-bond donors (Lipinski definition) is 0. The summed E-state index contributed by atoms with van der Waals surface area (Å²) in [6.45, 7) is 3.77. The van der Waals surface area contributed by atoms with Crippen LogP contribution in [-0.2, 0) is 13.9 Å². The monoisotopic (exact) mass is 386 g/mol. The first kappa shape index (κ1) is 25.8. The summed E-state index contributed by atoms with van der Waals surface area (Å²) in [7, 11) is 3.95. The van der Waals surface area contributed by atoms with Crippen LogP contribution in [-0.4, -0.2) is 30.7 Å². The molecule has 3 nitrogen and oxygen atoms in total. The zero-order chi connectivity index (χ0) is 19.3. The Morgan fingerprint density at radius 2 is 1.00 bits per heavy atom. The van der Waals surface area contributed by atoms with Gasteiger partial charge in [0, 0.05) is 20.6 Å². The Morgan fingerprint density at radius 3 is 1.31 bits per heavy atom. The minimum atomic E-state index is -0.780. The van der Waals surface area contributed by atoms with Crippen molar-refractivity contribution in [3.63, 3.8) is 0 Å². The fourth-order valence-corrected chi connectivity index (χ4v) is 4.02. The highest BCUT2D eigenvalue weighted by Crippen LogP contribution is 2.21. The van der Waals surface area contributed by atoms with E-state index in [0.717, 1.165) is 12.8 Å².